The van der Waals surface area contributed by atoms with Gasteiger partial charge >= 0.3 is 0 Å². The van der Waals surface area contributed by atoms with E-state index in [0.717, 1.165) is 11.6 Å². The number of hydrogen-bond acceptors (Lipinski definition) is 7. The number of halogens is 2. The molecular formula is C27H25ClFN5O4S. The van der Waals surface area contributed by atoms with Crippen molar-refractivity contribution in [3.63, 3.8) is 0 Å². The lowest BCUT2D eigenvalue weighted by Crippen LogP contribution is -2.50. The van der Waals surface area contributed by atoms with E-state index in [1.165, 1.54) is 28.8 Å². The largest absolute Gasteiger partial charge is 0.480 e. The number of ether oxygens (including phenoxy) is 1. The molecule has 12 heteroatoms. The standard InChI is InChI=1S/C27H25ClFN5O4S/c1-38-27-24(26(35)32-33-14-16-39(36,37)17-15-33)31-25(22-12-9-20(28)18-23(22)29)34(27)21-10-7-19(8-11-21)6-4-2-3-5-13-30/h7-12,18H,2-3,5,14-17H2,1H3,(H,32,35). The van der Waals surface area contributed by atoms with Crippen LogP contribution in [0.3, 0.4) is 0 Å². The Labute approximate surface area is 231 Å². The van der Waals surface area contributed by atoms with Crippen LogP contribution in [-0.4, -0.2) is 60.6 Å². The number of benzene rings is 2. The van der Waals surface area contributed by atoms with Gasteiger partial charge in [0.1, 0.15) is 5.82 Å². The third-order valence-electron chi connectivity index (χ3n) is 5.97. The Hall–Kier alpha value is -3.90. The Morgan fingerprint density at radius 2 is 1.90 bits per heavy atom. The van der Waals surface area contributed by atoms with Gasteiger partial charge in [0.2, 0.25) is 5.88 Å². The second-order valence-corrected chi connectivity index (χ2v) is 11.4. The summed E-state index contributed by atoms with van der Waals surface area (Å²) in [4.78, 5) is 17.7. The predicted molar refractivity (Wildman–Crippen MR) is 145 cm³/mol. The molecular weight excluding hydrogens is 545 g/mol. The number of hydrogen-bond donors (Lipinski definition) is 1. The molecule has 202 valence electrons. The van der Waals surface area contributed by atoms with E-state index >= 15 is 4.39 Å². The summed E-state index contributed by atoms with van der Waals surface area (Å²) in [6, 6.07) is 13.3. The smallest absolute Gasteiger partial charge is 0.289 e. The van der Waals surface area contributed by atoms with Crippen LogP contribution in [0.2, 0.25) is 5.02 Å². The minimum Gasteiger partial charge on any atom is -0.480 e. The van der Waals surface area contributed by atoms with Gasteiger partial charge in [-0.2, -0.15) is 5.26 Å². The lowest BCUT2D eigenvalue weighted by Gasteiger charge is -2.26. The van der Waals surface area contributed by atoms with Gasteiger partial charge in [0.25, 0.3) is 5.91 Å². The minimum absolute atomic E-state index is 0.0665. The van der Waals surface area contributed by atoms with Crippen molar-refractivity contribution in [1.82, 2.24) is 20.0 Å². The highest BCUT2D eigenvalue weighted by Gasteiger charge is 2.29. The average Bonchev–Trinajstić information content (AvgIpc) is 3.29. The summed E-state index contributed by atoms with van der Waals surface area (Å²) in [6.07, 6.45) is 1.75. The van der Waals surface area contributed by atoms with Crippen molar-refractivity contribution >= 4 is 27.3 Å². The highest BCUT2D eigenvalue weighted by Crippen LogP contribution is 2.34. The summed E-state index contributed by atoms with van der Waals surface area (Å²) < 4.78 is 45.7. The number of nitrogens with zero attached hydrogens (tertiary/aromatic N) is 4. The summed E-state index contributed by atoms with van der Waals surface area (Å²) >= 11 is 5.96. The zero-order valence-corrected chi connectivity index (χ0v) is 22.6. The molecule has 0 atom stereocenters. The molecule has 1 aromatic heterocycles. The van der Waals surface area contributed by atoms with Crippen LogP contribution in [-0.2, 0) is 9.84 Å². The molecule has 1 saturated heterocycles. The summed E-state index contributed by atoms with van der Waals surface area (Å²) in [5, 5.41) is 10.4. The number of aromatic nitrogens is 2. The van der Waals surface area contributed by atoms with Gasteiger partial charge in [0.15, 0.2) is 21.4 Å². The van der Waals surface area contributed by atoms with Crippen LogP contribution in [0.25, 0.3) is 17.1 Å². The second-order valence-electron chi connectivity index (χ2n) is 8.69. The number of unbranched alkanes of at least 4 members (excludes halogenated alkanes) is 2. The fraction of sp³-hybridized carbons (Fsp3) is 0.296. The van der Waals surface area contributed by atoms with Gasteiger partial charge in [-0.15, -0.1) is 0 Å². The van der Waals surface area contributed by atoms with E-state index in [9.17, 15) is 13.2 Å². The van der Waals surface area contributed by atoms with Crippen molar-refractivity contribution in [2.75, 3.05) is 31.7 Å². The number of hydrazine groups is 1. The van der Waals surface area contributed by atoms with E-state index in [1.807, 2.05) is 0 Å². The first kappa shape index (κ1) is 28.1. The molecule has 2 aromatic carbocycles. The van der Waals surface area contributed by atoms with Crippen LogP contribution in [0.15, 0.2) is 42.5 Å². The molecule has 1 fully saturated rings. The quantitative estimate of drug-likeness (QED) is 0.340. The number of methoxy groups -OCH3 is 1. The molecule has 0 aliphatic carbocycles. The van der Waals surface area contributed by atoms with Gasteiger partial charge in [-0.3, -0.25) is 14.8 Å². The highest BCUT2D eigenvalue weighted by molar-refractivity contribution is 7.91. The van der Waals surface area contributed by atoms with Crippen LogP contribution in [0, 0.1) is 29.0 Å². The van der Waals surface area contributed by atoms with E-state index in [2.05, 4.69) is 28.3 Å². The first-order valence-corrected chi connectivity index (χ1v) is 14.3. The Bertz CT molecular complexity index is 1570. The monoisotopic (exact) mass is 569 g/mol. The van der Waals surface area contributed by atoms with Crippen molar-refractivity contribution < 1.29 is 22.3 Å². The van der Waals surface area contributed by atoms with Crippen molar-refractivity contribution in [3.8, 4) is 40.9 Å². The number of rotatable bonds is 7. The molecule has 1 aliphatic heterocycles. The maximum absolute atomic E-state index is 15.0. The molecule has 4 rings (SSSR count). The van der Waals surface area contributed by atoms with E-state index in [-0.39, 0.29) is 52.6 Å². The first-order valence-electron chi connectivity index (χ1n) is 12.1. The molecule has 0 radical (unpaired) electrons. The van der Waals surface area contributed by atoms with Gasteiger partial charge in [-0.1, -0.05) is 23.4 Å². The Morgan fingerprint density at radius 1 is 1.18 bits per heavy atom. The van der Waals surface area contributed by atoms with Crippen molar-refractivity contribution in [3.05, 3.63) is 64.6 Å². The molecule has 1 aliphatic rings. The van der Waals surface area contributed by atoms with E-state index < -0.39 is 21.6 Å². The summed E-state index contributed by atoms with van der Waals surface area (Å²) in [5.41, 5.74) is 3.97. The van der Waals surface area contributed by atoms with E-state index in [1.54, 1.807) is 24.3 Å². The van der Waals surface area contributed by atoms with Crippen LogP contribution in [0.1, 0.15) is 35.3 Å². The normalized spacial score (nSPS) is 14.6. The minimum atomic E-state index is -3.14. The van der Waals surface area contributed by atoms with Gasteiger partial charge in [-0.25, -0.2) is 22.8 Å². The maximum atomic E-state index is 15.0. The third kappa shape index (κ3) is 6.76. The molecule has 0 bridgehead atoms. The SMILES string of the molecule is COc1c(C(=O)NN2CCS(=O)(=O)CC2)nc(-c2ccc(Cl)cc2F)n1-c1ccc(C#CCCCC#N)cc1. The Morgan fingerprint density at radius 3 is 2.54 bits per heavy atom. The second kappa shape index (κ2) is 12.3. The molecule has 1 amide bonds. The predicted octanol–water partition coefficient (Wildman–Crippen LogP) is 3.76. The zero-order valence-electron chi connectivity index (χ0n) is 21.1. The highest BCUT2D eigenvalue weighted by atomic mass is 35.5. The molecule has 3 aromatic rings. The number of amides is 1. The molecule has 0 saturated carbocycles. The van der Waals surface area contributed by atoms with Crippen molar-refractivity contribution in [2.24, 2.45) is 0 Å². The summed E-state index contributed by atoms with van der Waals surface area (Å²) in [7, 11) is -1.76. The first-order chi connectivity index (χ1) is 18.7. The molecule has 1 N–H and O–H groups in total. The van der Waals surface area contributed by atoms with Gasteiger partial charge in [0.05, 0.1) is 35.9 Å². The zero-order chi connectivity index (χ0) is 28.0. The number of carbonyl (C=O) groups is 1. The maximum Gasteiger partial charge on any atom is 0.289 e. The van der Waals surface area contributed by atoms with Crippen molar-refractivity contribution in [1.29, 1.82) is 5.26 Å². The van der Waals surface area contributed by atoms with Crippen molar-refractivity contribution in [2.45, 2.75) is 19.3 Å². The number of nitriles is 1. The van der Waals surface area contributed by atoms with Crippen LogP contribution >= 0.6 is 11.6 Å². The fourth-order valence-corrected chi connectivity index (χ4v) is 5.33. The Balaban J connectivity index is 1.72. The Kier molecular flexibility index (Phi) is 8.87. The fourth-order valence-electron chi connectivity index (χ4n) is 3.97. The number of nitrogens with one attached hydrogen (secondary N) is 1. The van der Waals surface area contributed by atoms with Gasteiger partial charge < -0.3 is 4.74 Å². The molecule has 2 heterocycles. The topological polar surface area (TPSA) is 117 Å². The van der Waals surface area contributed by atoms with E-state index in [4.69, 9.17) is 21.6 Å². The van der Waals surface area contributed by atoms with E-state index in [0.29, 0.717) is 24.9 Å². The number of imidazole rings is 1. The average molecular weight is 570 g/mol. The lowest BCUT2D eigenvalue weighted by atomic mass is 10.1. The molecule has 0 spiro atoms. The van der Waals surface area contributed by atoms with Gasteiger partial charge in [-0.05, 0) is 48.9 Å². The number of sulfone groups is 1. The molecule has 39 heavy (non-hydrogen) atoms. The summed E-state index contributed by atoms with van der Waals surface area (Å²) in [6.45, 7) is 0.267. The third-order valence-corrected chi connectivity index (χ3v) is 7.81. The van der Waals surface area contributed by atoms with Crippen LogP contribution in [0.5, 0.6) is 5.88 Å². The molecule has 0 unspecified atom stereocenters. The van der Waals surface area contributed by atoms with Crippen LogP contribution in [0.4, 0.5) is 4.39 Å². The molecule has 9 nitrogen and oxygen atoms in total. The van der Waals surface area contributed by atoms with Gasteiger partial charge in [0, 0.05) is 36.5 Å². The lowest BCUT2D eigenvalue weighted by molar-refractivity contribution is 0.0793. The summed E-state index contributed by atoms with van der Waals surface area (Å²) in [5.74, 6) is 4.84. The van der Waals surface area contributed by atoms with Crippen LogP contribution < -0.4 is 10.2 Å². The number of carbonyl (C=O) groups excluding carboxylic acids is 1.